The van der Waals surface area contributed by atoms with Crippen LogP contribution in [0.3, 0.4) is 0 Å². The highest BCUT2D eigenvalue weighted by Gasteiger charge is 2.10. The molecule has 0 aliphatic rings. The third-order valence-electron chi connectivity index (χ3n) is 2.41. The van der Waals surface area contributed by atoms with Gasteiger partial charge in [-0.1, -0.05) is 17.7 Å². The quantitative estimate of drug-likeness (QED) is 0.804. The molecule has 1 rings (SSSR count). The molecular formula is C12H16FNO2. The van der Waals surface area contributed by atoms with E-state index >= 15 is 0 Å². The van der Waals surface area contributed by atoms with Crippen LogP contribution in [0.4, 0.5) is 4.39 Å². The zero-order chi connectivity index (χ0) is 12.1. The van der Waals surface area contributed by atoms with Crippen LogP contribution >= 0.6 is 0 Å². The summed E-state index contributed by atoms with van der Waals surface area (Å²) in [5.41, 5.74) is 7.27. The van der Waals surface area contributed by atoms with Gasteiger partial charge in [-0.2, -0.15) is 0 Å². The minimum absolute atomic E-state index is 0.0224. The monoisotopic (exact) mass is 225 g/mol. The van der Waals surface area contributed by atoms with Gasteiger partial charge >= 0.3 is 5.97 Å². The van der Waals surface area contributed by atoms with Crippen LogP contribution < -0.4 is 5.73 Å². The molecule has 0 aliphatic heterocycles. The Kier molecular flexibility index (Phi) is 4.43. The lowest BCUT2D eigenvalue weighted by atomic mass is 10.0. The molecule has 0 saturated carbocycles. The number of carboxylic acid groups (broad SMARTS) is 1. The van der Waals surface area contributed by atoms with Gasteiger partial charge in [0.25, 0.3) is 0 Å². The Hall–Kier alpha value is -1.42. The van der Waals surface area contributed by atoms with Gasteiger partial charge in [0, 0.05) is 12.5 Å². The Bertz CT molecular complexity index is 379. The topological polar surface area (TPSA) is 63.3 Å². The van der Waals surface area contributed by atoms with Gasteiger partial charge in [-0.15, -0.1) is 0 Å². The fraction of sp³-hybridized carbons (Fsp3) is 0.417. The predicted octanol–water partition coefficient (Wildman–Crippen LogP) is 1.87. The first-order chi connectivity index (χ1) is 7.49. The second-order valence-electron chi connectivity index (χ2n) is 3.99. The number of hydrogen-bond acceptors (Lipinski definition) is 2. The van der Waals surface area contributed by atoms with Crippen molar-refractivity contribution in [3.63, 3.8) is 0 Å². The van der Waals surface area contributed by atoms with E-state index in [1.807, 2.05) is 6.92 Å². The van der Waals surface area contributed by atoms with Crippen LogP contribution in [0.2, 0.25) is 0 Å². The van der Waals surface area contributed by atoms with Crippen molar-refractivity contribution in [1.29, 1.82) is 0 Å². The lowest BCUT2D eigenvalue weighted by Crippen LogP contribution is -2.24. The highest BCUT2D eigenvalue weighted by molar-refractivity contribution is 5.66. The van der Waals surface area contributed by atoms with Gasteiger partial charge in [-0.3, -0.25) is 4.79 Å². The normalized spacial score (nSPS) is 12.4. The molecule has 1 unspecified atom stereocenters. The van der Waals surface area contributed by atoms with Gasteiger partial charge in [0.15, 0.2) is 0 Å². The van der Waals surface area contributed by atoms with Crippen molar-refractivity contribution in [2.75, 3.05) is 0 Å². The van der Waals surface area contributed by atoms with Crippen molar-refractivity contribution in [1.82, 2.24) is 0 Å². The minimum Gasteiger partial charge on any atom is -0.481 e. The zero-order valence-electron chi connectivity index (χ0n) is 9.24. The Morgan fingerprint density at radius 2 is 2.25 bits per heavy atom. The first-order valence-corrected chi connectivity index (χ1v) is 5.21. The van der Waals surface area contributed by atoms with Crippen molar-refractivity contribution in [2.24, 2.45) is 5.73 Å². The Morgan fingerprint density at radius 1 is 1.56 bits per heavy atom. The van der Waals surface area contributed by atoms with Gasteiger partial charge in [0.1, 0.15) is 5.82 Å². The van der Waals surface area contributed by atoms with Crippen LogP contribution in [0.15, 0.2) is 18.2 Å². The molecule has 1 aromatic rings. The van der Waals surface area contributed by atoms with Crippen molar-refractivity contribution in [3.05, 3.63) is 35.1 Å². The van der Waals surface area contributed by atoms with Crippen LogP contribution in [0.25, 0.3) is 0 Å². The molecule has 0 spiro atoms. The average Bonchev–Trinajstić information content (AvgIpc) is 2.20. The maximum atomic E-state index is 13.4. The number of carboxylic acids is 1. The summed E-state index contributed by atoms with van der Waals surface area (Å²) >= 11 is 0. The molecule has 3 nitrogen and oxygen atoms in total. The maximum absolute atomic E-state index is 13.4. The Labute approximate surface area is 94.1 Å². The summed E-state index contributed by atoms with van der Waals surface area (Å²) in [7, 11) is 0. The van der Waals surface area contributed by atoms with Gasteiger partial charge in [0.05, 0.1) is 0 Å². The number of nitrogens with two attached hydrogens (primary N) is 1. The van der Waals surface area contributed by atoms with E-state index in [9.17, 15) is 9.18 Å². The van der Waals surface area contributed by atoms with Crippen molar-refractivity contribution in [2.45, 2.75) is 32.2 Å². The summed E-state index contributed by atoms with van der Waals surface area (Å²) in [5, 5.41) is 8.50. The zero-order valence-corrected chi connectivity index (χ0v) is 9.24. The van der Waals surface area contributed by atoms with Crippen LogP contribution in [0.5, 0.6) is 0 Å². The number of carbonyl (C=O) groups is 1. The summed E-state index contributed by atoms with van der Waals surface area (Å²) < 4.78 is 13.4. The minimum atomic E-state index is -0.875. The lowest BCUT2D eigenvalue weighted by molar-refractivity contribution is -0.137. The number of benzene rings is 1. The van der Waals surface area contributed by atoms with E-state index in [4.69, 9.17) is 10.8 Å². The standard InChI is InChI=1S/C12H16FNO2/c1-8-2-4-11(13)9(6-8)7-10(14)3-5-12(15)16/h2,4,6,10H,3,5,7,14H2,1H3,(H,15,16). The summed E-state index contributed by atoms with van der Waals surface area (Å²) in [6.45, 7) is 1.88. The molecule has 4 heteroatoms. The van der Waals surface area contributed by atoms with E-state index in [2.05, 4.69) is 0 Å². The highest BCUT2D eigenvalue weighted by Crippen LogP contribution is 2.13. The molecule has 0 amide bonds. The van der Waals surface area contributed by atoms with Gasteiger partial charge < -0.3 is 10.8 Å². The molecule has 0 saturated heterocycles. The third-order valence-corrected chi connectivity index (χ3v) is 2.41. The summed E-state index contributed by atoms with van der Waals surface area (Å²) in [4.78, 5) is 10.3. The number of rotatable bonds is 5. The molecule has 0 aromatic heterocycles. The fourth-order valence-corrected chi connectivity index (χ4v) is 1.55. The van der Waals surface area contributed by atoms with Crippen LogP contribution in [0.1, 0.15) is 24.0 Å². The molecule has 3 N–H and O–H groups in total. The first-order valence-electron chi connectivity index (χ1n) is 5.21. The highest BCUT2D eigenvalue weighted by atomic mass is 19.1. The molecule has 1 atom stereocenters. The Balaban J connectivity index is 2.58. The Morgan fingerprint density at radius 3 is 2.88 bits per heavy atom. The molecular weight excluding hydrogens is 209 g/mol. The lowest BCUT2D eigenvalue weighted by Gasteiger charge is -2.11. The van der Waals surface area contributed by atoms with Crippen molar-refractivity contribution < 1.29 is 14.3 Å². The third kappa shape index (κ3) is 3.98. The van der Waals surface area contributed by atoms with Gasteiger partial charge in [0.2, 0.25) is 0 Å². The van der Waals surface area contributed by atoms with Crippen molar-refractivity contribution >= 4 is 5.97 Å². The van der Waals surface area contributed by atoms with Crippen molar-refractivity contribution in [3.8, 4) is 0 Å². The molecule has 0 bridgehead atoms. The van der Waals surface area contributed by atoms with E-state index in [0.29, 0.717) is 18.4 Å². The largest absolute Gasteiger partial charge is 0.481 e. The second-order valence-corrected chi connectivity index (χ2v) is 3.99. The smallest absolute Gasteiger partial charge is 0.303 e. The average molecular weight is 225 g/mol. The summed E-state index contributed by atoms with van der Waals surface area (Å²) in [6.07, 6.45) is 0.762. The molecule has 1 aromatic carbocycles. The van der Waals surface area contributed by atoms with E-state index in [1.165, 1.54) is 6.07 Å². The molecule has 0 radical (unpaired) electrons. The van der Waals surface area contributed by atoms with E-state index < -0.39 is 5.97 Å². The summed E-state index contributed by atoms with van der Waals surface area (Å²) in [6, 6.07) is 4.54. The molecule has 0 heterocycles. The molecule has 16 heavy (non-hydrogen) atoms. The van der Waals surface area contributed by atoms with Crippen LogP contribution in [-0.4, -0.2) is 17.1 Å². The number of aliphatic carboxylic acids is 1. The molecule has 0 fully saturated rings. The van der Waals surface area contributed by atoms with Crippen LogP contribution in [0, 0.1) is 12.7 Å². The SMILES string of the molecule is Cc1ccc(F)c(CC(N)CCC(=O)O)c1. The first kappa shape index (κ1) is 12.6. The molecule has 88 valence electrons. The predicted molar refractivity (Wildman–Crippen MR) is 59.7 cm³/mol. The van der Waals surface area contributed by atoms with Gasteiger partial charge in [-0.25, -0.2) is 4.39 Å². The van der Waals surface area contributed by atoms with Gasteiger partial charge in [-0.05, 0) is 31.4 Å². The molecule has 0 aliphatic carbocycles. The van der Waals surface area contributed by atoms with E-state index in [-0.39, 0.29) is 18.3 Å². The maximum Gasteiger partial charge on any atom is 0.303 e. The number of halogens is 1. The number of aryl methyl sites for hydroxylation is 1. The summed E-state index contributed by atoms with van der Waals surface area (Å²) in [5.74, 6) is -1.16. The second kappa shape index (κ2) is 5.61. The van der Waals surface area contributed by atoms with Crippen LogP contribution in [-0.2, 0) is 11.2 Å². The van der Waals surface area contributed by atoms with E-state index in [1.54, 1.807) is 12.1 Å². The number of hydrogen-bond donors (Lipinski definition) is 2. The fourth-order valence-electron chi connectivity index (χ4n) is 1.55. The van der Waals surface area contributed by atoms with E-state index in [0.717, 1.165) is 5.56 Å².